The molecule has 8 heteroatoms. The van der Waals surface area contributed by atoms with Crippen LogP contribution in [0.4, 0.5) is 11.6 Å². The first-order chi connectivity index (χ1) is 15.7. The van der Waals surface area contributed by atoms with Crippen molar-refractivity contribution in [3.63, 3.8) is 0 Å². The monoisotopic (exact) mass is 431 g/mol. The van der Waals surface area contributed by atoms with Crippen molar-refractivity contribution in [2.45, 2.75) is 13.5 Å². The van der Waals surface area contributed by atoms with Gasteiger partial charge in [-0.3, -0.25) is 4.79 Å². The summed E-state index contributed by atoms with van der Waals surface area (Å²) >= 11 is 0. The van der Waals surface area contributed by atoms with Crippen LogP contribution in [0.25, 0.3) is 0 Å². The molecule has 0 bridgehead atoms. The molecule has 0 aliphatic carbocycles. The highest BCUT2D eigenvalue weighted by Gasteiger charge is 2.24. The molecule has 3 heterocycles. The summed E-state index contributed by atoms with van der Waals surface area (Å²) in [6, 6.07) is 16.1. The number of ether oxygens (including phenoxy) is 2. The van der Waals surface area contributed by atoms with Crippen LogP contribution in [-0.4, -0.2) is 53.7 Å². The molecule has 1 aromatic heterocycles. The van der Waals surface area contributed by atoms with Gasteiger partial charge in [-0.05, 0) is 36.8 Å². The fourth-order valence-electron chi connectivity index (χ4n) is 3.97. The van der Waals surface area contributed by atoms with Gasteiger partial charge < -0.3 is 24.6 Å². The lowest BCUT2D eigenvalue weighted by Gasteiger charge is -2.36. The molecule has 2 aromatic carbocycles. The molecule has 0 unspecified atom stereocenters. The van der Waals surface area contributed by atoms with Gasteiger partial charge in [0, 0.05) is 44.6 Å². The Kier molecular flexibility index (Phi) is 5.49. The van der Waals surface area contributed by atoms with Crippen LogP contribution in [0, 0.1) is 6.92 Å². The Morgan fingerprint density at radius 3 is 2.59 bits per heavy atom. The van der Waals surface area contributed by atoms with Crippen LogP contribution in [0.2, 0.25) is 0 Å². The molecule has 1 saturated heterocycles. The van der Waals surface area contributed by atoms with E-state index in [1.807, 2.05) is 48.2 Å². The maximum absolute atomic E-state index is 13.0. The standard InChI is InChI=1S/C24H25N5O3/c1-17-20(23(30)29-11-9-28(10-12-29)19-5-3-2-4-6-19)15-26-24(27-17)25-14-18-7-8-21-22(13-18)32-16-31-21/h2-8,13,15H,9-12,14,16H2,1H3,(H,25,26,27). The number of aromatic nitrogens is 2. The predicted molar refractivity (Wildman–Crippen MR) is 121 cm³/mol. The molecule has 164 valence electrons. The van der Waals surface area contributed by atoms with E-state index in [-0.39, 0.29) is 12.7 Å². The van der Waals surface area contributed by atoms with Gasteiger partial charge >= 0.3 is 0 Å². The minimum atomic E-state index is -0.0162. The van der Waals surface area contributed by atoms with Crippen molar-refractivity contribution in [2.75, 3.05) is 43.2 Å². The SMILES string of the molecule is Cc1nc(NCc2ccc3c(c2)OCO3)ncc1C(=O)N1CCN(c2ccccc2)CC1. The maximum atomic E-state index is 13.0. The number of nitrogens with zero attached hydrogens (tertiary/aromatic N) is 4. The number of para-hydroxylation sites is 1. The number of hydrogen-bond donors (Lipinski definition) is 1. The third-order valence-electron chi connectivity index (χ3n) is 5.79. The Hall–Kier alpha value is -3.81. The van der Waals surface area contributed by atoms with Crippen molar-refractivity contribution < 1.29 is 14.3 Å². The first-order valence-electron chi connectivity index (χ1n) is 10.7. The molecule has 2 aliphatic rings. The molecular weight excluding hydrogens is 406 g/mol. The zero-order valence-electron chi connectivity index (χ0n) is 18.0. The van der Waals surface area contributed by atoms with Crippen LogP contribution in [-0.2, 0) is 6.54 Å². The fraction of sp³-hybridized carbons (Fsp3) is 0.292. The smallest absolute Gasteiger partial charge is 0.257 e. The summed E-state index contributed by atoms with van der Waals surface area (Å²) in [6.45, 7) is 5.63. The average Bonchev–Trinajstić information content (AvgIpc) is 3.31. The molecule has 1 fully saturated rings. The summed E-state index contributed by atoms with van der Waals surface area (Å²) in [5.41, 5.74) is 3.44. The Morgan fingerprint density at radius 2 is 1.81 bits per heavy atom. The van der Waals surface area contributed by atoms with Crippen LogP contribution in [0.3, 0.4) is 0 Å². The Balaban J connectivity index is 1.19. The van der Waals surface area contributed by atoms with Crippen molar-refractivity contribution in [3.05, 3.63) is 71.5 Å². The second kappa shape index (κ2) is 8.74. The number of piperazine rings is 1. The number of aryl methyl sites for hydroxylation is 1. The van der Waals surface area contributed by atoms with Crippen molar-refractivity contribution in [1.29, 1.82) is 0 Å². The van der Waals surface area contributed by atoms with Gasteiger partial charge in [-0.25, -0.2) is 9.97 Å². The van der Waals surface area contributed by atoms with Crippen LogP contribution in [0.5, 0.6) is 11.5 Å². The number of anilines is 2. The predicted octanol–water partition coefficient (Wildman–Crippen LogP) is 3.09. The third kappa shape index (κ3) is 4.16. The highest BCUT2D eigenvalue weighted by atomic mass is 16.7. The van der Waals surface area contributed by atoms with Gasteiger partial charge in [-0.15, -0.1) is 0 Å². The Bertz CT molecular complexity index is 1110. The largest absolute Gasteiger partial charge is 0.454 e. The van der Waals surface area contributed by atoms with E-state index in [2.05, 4.69) is 32.3 Å². The van der Waals surface area contributed by atoms with Crippen molar-refractivity contribution in [2.24, 2.45) is 0 Å². The van der Waals surface area contributed by atoms with Crippen LogP contribution >= 0.6 is 0 Å². The van der Waals surface area contributed by atoms with Gasteiger partial charge in [0.25, 0.3) is 5.91 Å². The second-order valence-corrected chi connectivity index (χ2v) is 7.85. The van der Waals surface area contributed by atoms with Gasteiger partial charge in [0.15, 0.2) is 11.5 Å². The molecule has 2 aliphatic heterocycles. The number of amides is 1. The first-order valence-corrected chi connectivity index (χ1v) is 10.7. The number of fused-ring (bicyclic) bond motifs is 1. The lowest BCUT2D eigenvalue weighted by molar-refractivity contribution is 0.0745. The van der Waals surface area contributed by atoms with Crippen molar-refractivity contribution in [3.8, 4) is 11.5 Å². The van der Waals surface area contributed by atoms with Gasteiger partial charge in [-0.2, -0.15) is 0 Å². The minimum absolute atomic E-state index is 0.0162. The molecule has 5 rings (SSSR count). The number of rotatable bonds is 5. The van der Waals surface area contributed by atoms with Crippen molar-refractivity contribution >= 4 is 17.5 Å². The molecule has 0 saturated carbocycles. The molecule has 0 radical (unpaired) electrons. The van der Waals surface area contributed by atoms with E-state index >= 15 is 0 Å². The number of carbonyl (C=O) groups is 1. The molecule has 3 aromatic rings. The summed E-state index contributed by atoms with van der Waals surface area (Å²) in [7, 11) is 0. The highest BCUT2D eigenvalue weighted by molar-refractivity contribution is 5.95. The normalized spacial score (nSPS) is 15.0. The highest BCUT2D eigenvalue weighted by Crippen LogP contribution is 2.32. The van der Waals surface area contributed by atoms with Crippen molar-refractivity contribution in [1.82, 2.24) is 14.9 Å². The van der Waals surface area contributed by atoms with E-state index in [1.165, 1.54) is 5.69 Å². The topological polar surface area (TPSA) is 79.8 Å². The zero-order chi connectivity index (χ0) is 21.9. The van der Waals surface area contributed by atoms with E-state index in [1.54, 1.807) is 6.20 Å². The van der Waals surface area contributed by atoms with Crippen LogP contribution < -0.4 is 19.7 Å². The molecule has 0 atom stereocenters. The minimum Gasteiger partial charge on any atom is -0.454 e. The number of carbonyl (C=O) groups excluding carboxylic acids is 1. The third-order valence-corrected chi connectivity index (χ3v) is 5.79. The summed E-state index contributed by atoms with van der Waals surface area (Å²) < 4.78 is 10.8. The van der Waals surface area contributed by atoms with Crippen LogP contribution in [0.1, 0.15) is 21.6 Å². The molecule has 1 amide bonds. The average molecular weight is 431 g/mol. The summed E-state index contributed by atoms with van der Waals surface area (Å²) in [5.74, 6) is 1.98. The summed E-state index contributed by atoms with van der Waals surface area (Å²) in [4.78, 5) is 26.1. The summed E-state index contributed by atoms with van der Waals surface area (Å²) in [5, 5.41) is 3.21. The van der Waals surface area contributed by atoms with Gasteiger partial charge in [0.05, 0.1) is 11.3 Å². The maximum Gasteiger partial charge on any atom is 0.257 e. The Labute approximate surface area is 186 Å². The van der Waals surface area contributed by atoms with E-state index < -0.39 is 0 Å². The lowest BCUT2D eigenvalue weighted by atomic mass is 10.2. The molecule has 1 N–H and O–H groups in total. The van der Waals surface area contributed by atoms with Gasteiger partial charge in [0.2, 0.25) is 12.7 Å². The first kappa shape index (κ1) is 20.1. The molecule has 32 heavy (non-hydrogen) atoms. The van der Waals surface area contributed by atoms with E-state index in [9.17, 15) is 4.79 Å². The van der Waals surface area contributed by atoms with E-state index in [4.69, 9.17) is 9.47 Å². The molecule has 8 nitrogen and oxygen atoms in total. The molecular formula is C24H25N5O3. The van der Waals surface area contributed by atoms with Gasteiger partial charge in [0.1, 0.15) is 0 Å². The zero-order valence-corrected chi connectivity index (χ0v) is 18.0. The van der Waals surface area contributed by atoms with E-state index in [0.717, 1.165) is 30.2 Å². The number of benzene rings is 2. The van der Waals surface area contributed by atoms with Crippen LogP contribution in [0.15, 0.2) is 54.7 Å². The molecule has 0 spiro atoms. The quantitative estimate of drug-likeness (QED) is 0.665. The second-order valence-electron chi connectivity index (χ2n) is 7.85. The Morgan fingerprint density at radius 1 is 1.03 bits per heavy atom. The number of hydrogen-bond acceptors (Lipinski definition) is 7. The fourth-order valence-corrected chi connectivity index (χ4v) is 3.97. The number of nitrogens with one attached hydrogen (secondary N) is 1. The van der Waals surface area contributed by atoms with Gasteiger partial charge in [-0.1, -0.05) is 24.3 Å². The van der Waals surface area contributed by atoms with E-state index in [0.29, 0.717) is 36.8 Å². The lowest BCUT2D eigenvalue weighted by Crippen LogP contribution is -2.49. The summed E-state index contributed by atoms with van der Waals surface area (Å²) in [6.07, 6.45) is 1.62.